The molecule has 1 heterocycles. The lowest BCUT2D eigenvalue weighted by atomic mass is 10.0. The minimum absolute atomic E-state index is 0.0897. The lowest BCUT2D eigenvalue weighted by Gasteiger charge is -2.00. The summed E-state index contributed by atoms with van der Waals surface area (Å²) in [7, 11) is 0. The molecule has 1 aromatic heterocycles. The largest absolute Gasteiger partial charge is 0.453 e. The van der Waals surface area contributed by atoms with Crippen molar-refractivity contribution >= 4 is 16.8 Å². The van der Waals surface area contributed by atoms with Crippen LogP contribution in [-0.4, -0.2) is 5.78 Å². The molecule has 0 saturated heterocycles. The third-order valence-corrected chi connectivity index (χ3v) is 2.65. The van der Waals surface area contributed by atoms with Gasteiger partial charge in [-0.2, -0.15) is 0 Å². The molecule has 2 rings (SSSR count). The quantitative estimate of drug-likeness (QED) is 0.722. The third kappa shape index (κ3) is 1.52. The van der Waals surface area contributed by atoms with Crippen molar-refractivity contribution in [1.82, 2.24) is 0 Å². The zero-order valence-corrected chi connectivity index (χ0v) is 9.50. The van der Waals surface area contributed by atoms with Gasteiger partial charge in [-0.15, -0.1) is 0 Å². The van der Waals surface area contributed by atoms with Gasteiger partial charge >= 0.3 is 0 Å². The molecule has 84 valence electrons. The Morgan fingerprint density at radius 1 is 1.38 bits per heavy atom. The Morgan fingerprint density at radius 2 is 2.06 bits per heavy atom. The molecule has 0 bridgehead atoms. The van der Waals surface area contributed by atoms with Crippen LogP contribution in [0.1, 0.15) is 30.0 Å². The van der Waals surface area contributed by atoms with Crippen molar-refractivity contribution in [2.75, 3.05) is 0 Å². The molecule has 0 spiro atoms. The van der Waals surface area contributed by atoms with Crippen LogP contribution < -0.4 is 0 Å². The Kier molecular flexibility index (Phi) is 2.54. The van der Waals surface area contributed by atoms with Crippen molar-refractivity contribution in [1.29, 1.82) is 0 Å². The number of carbonyl (C=O) groups is 1. The number of ketones is 1. The number of fused-ring (bicyclic) bond motifs is 1. The molecule has 0 atom stereocenters. The molecule has 0 fully saturated rings. The number of halogens is 1. The molecule has 16 heavy (non-hydrogen) atoms. The van der Waals surface area contributed by atoms with Crippen molar-refractivity contribution in [2.24, 2.45) is 5.92 Å². The van der Waals surface area contributed by atoms with E-state index in [0.29, 0.717) is 16.5 Å². The van der Waals surface area contributed by atoms with Crippen LogP contribution in [-0.2, 0) is 0 Å². The van der Waals surface area contributed by atoms with Gasteiger partial charge in [0.1, 0.15) is 11.4 Å². The number of carbonyl (C=O) groups excluding carboxylic acids is 1. The van der Waals surface area contributed by atoms with Crippen molar-refractivity contribution in [3.63, 3.8) is 0 Å². The van der Waals surface area contributed by atoms with Gasteiger partial charge in [-0.25, -0.2) is 4.39 Å². The SMILES string of the molecule is Cc1c(C(=O)C(C)C)oc2cccc(F)c12. The lowest BCUT2D eigenvalue weighted by Crippen LogP contribution is -2.07. The average molecular weight is 220 g/mol. The molecule has 0 amide bonds. The molecular formula is C13H13FO2. The van der Waals surface area contributed by atoms with Crippen LogP contribution in [0, 0.1) is 18.7 Å². The van der Waals surface area contributed by atoms with Gasteiger partial charge in [0.15, 0.2) is 5.76 Å². The summed E-state index contributed by atoms with van der Waals surface area (Å²) in [5.41, 5.74) is 1.02. The van der Waals surface area contributed by atoms with Crippen molar-refractivity contribution < 1.29 is 13.6 Å². The molecule has 2 aromatic rings. The monoisotopic (exact) mass is 220 g/mol. The first kappa shape index (κ1) is 10.9. The molecular weight excluding hydrogens is 207 g/mol. The van der Waals surface area contributed by atoms with Gasteiger partial charge in [0, 0.05) is 11.5 Å². The minimum atomic E-state index is -0.346. The van der Waals surface area contributed by atoms with Crippen molar-refractivity contribution in [3.05, 3.63) is 35.3 Å². The first-order valence-corrected chi connectivity index (χ1v) is 5.24. The molecule has 1 aromatic carbocycles. The number of hydrogen-bond acceptors (Lipinski definition) is 2. The predicted octanol–water partition coefficient (Wildman–Crippen LogP) is 3.72. The highest BCUT2D eigenvalue weighted by molar-refractivity contribution is 6.01. The smallest absolute Gasteiger partial charge is 0.200 e. The fourth-order valence-corrected chi connectivity index (χ4v) is 1.75. The van der Waals surface area contributed by atoms with E-state index in [1.165, 1.54) is 6.07 Å². The Balaban J connectivity index is 2.70. The number of rotatable bonds is 2. The Hall–Kier alpha value is -1.64. The van der Waals surface area contributed by atoms with E-state index < -0.39 is 0 Å². The Bertz CT molecular complexity index is 552. The van der Waals surface area contributed by atoms with Crippen LogP contribution in [0.2, 0.25) is 0 Å². The maximum absolute atomic E-state index is 13.6. The summed E-state index contributed by atoms with van der Waals surface area (Å²) in [4.78, 5) is 11.8. The first-order chi connectivity index (χ1) is 7.52. The van der Waals surface area contributed by atoms with E-state index in [4.69, 9.17) is 4.42 Å². The van der Waals surface area contributed by atoms with Crippen LogP contribution in [0.25, 0.3) is 11.0 Å². The molecule has 0 aliphatic rings. The predicted molar refractivity (Wildman–Crippen MR) is 60.1 cm³/mol. The fraction of sp³-hybridized carbons (Fsp3) is 0.308. The van der Waals surface area contributed by atoms with Gasteiger partial charge in [-0.1, -0.05) is 19.9 Å². The fourth-order valence-electron chi connectivity index (χ4n) is 1.75. The molecule has 0 aliphatic carbocycles. The summed E-state index contributed by atoms with van der Waals surface area (Å²) in [6.07, 6.45) is 0. The standard InChI is InChI=1S/C13H13FO2/c1-7(2)12(15)13-8(3)11-9(14)5-4-6-10(11)16-13/h4-7H,1-3H3. The van der Waals surface area contributed by atoms with Gasteiger partial charge < -0.3 is 4.42 Å². The van der Waals surface area contributed by atoms with Crippen LogP contribution in [0.3, 0.4) is 0 Å². The van der Waals surface area contributed by atoms with Crippen molar-refractivity contribution in [3.8, 4) is 0 Å². The summed E-state index contributed by atoms with van der Waals surface area (Å²) in [5.74, 6) is -0.313. The molecule has 0 radical (unpaired) electrons. The van der Waals surface area contributed by atoms with Gasteiger partial charge in [-0.05, 0) is 19.1 Å². The molecule has 3 heteroatoms. The second kappa shape index (κ2) is 3.74. The van der Waals surface area contributed by atoms with E-state index in [0.717, 1.165) is 0 Å². The topological polar surface area (TPSA) is 30.2 Å². The number of aryl methyl sites for hydroxylation is 1. The third-order valence-electron chi connectivity index (χ3n) is 2.65. The van der Waals surface area contributed by atoms with Crippen molar-refractivity contribution in [2.45, 2.75) is 20.8 Å². The number of benzene rings is 1. The average Bonchev–Trinajstić information content (AvgIpc) is 2.56. The second-order valence-corrected chi connectivity index (χ2v) is 4.19. The molecule has 0 N–H and O–H groups in total. The highest BCUT2D eigenvalue weighted by atomic mass is 19.1. The van der Waals surface area contributed by atoms with E-state index in [-0.39, 0.29) is 23.3 Å². The van der Waals surface area contributed by atoms with E-state index in [9.17, 15) is 9.18 Å². The number of hydrogen-bond donors (Lipinski definition) is 0. The zero-order chi connectivity index (χ0) is 11.9. The summed E-state index contributed by atoms with van der Waals surface area (Å²) in [6, 6.07) is 4.61. The number of Topliss-reactive ketones (excluding diaryl/α,β-unsaturated/α-hetero) is 1. The summed E-state index contributed by atoms with van der Waals surface area (Å²) in [5, 5.41) is 0.409. The maximum atomic E-state index is 13.6. The Labute approximate surface area is 93.1 Å². The summed E-state index contributed by atoms with van der Waals surface area (Å²) >= 11 is 0. The van der Waals surface area contributed by atoms with Crippen LogP contribution in [0.5, 0.6) is 0 Å². The van der Waals surface area contributed by atoms with Crippen LogP contribution in [0.4, 0.5) is 4.39 Å². The van der Waals surface area contributed by atoms with E-state index in [1.807, 2.05) is 0 Å². The molecule has 0 unspecified atom stereocenters. The van der Waals surface area contributed by atoms with E-state index >= 15 is 0 Å². The van der Waals surface area contributed by atoms with Crippen LogP contribution in [0.15, 0.2) is 22.6 Å². The molecule has 0 saturated carbocycles. The van der Waals surface area contributed by atoms with E-state index in [1.54, 1.807) is 32.9 Å². The van der Waals surface area contributed by atoms with Gasteiger partial charge in [0.25, 0.3) is 0 Å². The first-order valence-electron chi connectivity index (χ1n) is 5.24. The lowest BCUT2D eigenvalue weighted by molar-refractivity contribution is 0.0912. The molecule has 2 nitrogen and oxygen atoms in total. The van der Waals surface area contributed by atoms with Gasteiger partial charge in [0.05, 0.1) is 5.39 Å². The molecule has 0 aliphatic heterocycles. The zero-order valence-electron chi connectivity index (χ0n) is 9.50. The Morgan fingerprint density at radius 3 is 2.62 bits per heavy atom. The summed E-state index contributed by atoms with van der Waals surface area (Å²) < 4.78 is 19.0. The highest BCUT2D eigenvalue weighted by Gasteiger charge is 2.21. The normalized spacial score (nSPS) is 11.3. The summed E-state index contributed by atoms with van der Waals surface area (Å²) in [6.45, 7) is 5.31. The number of furan rings is 1. The van der Waals surface area contributed by atoms with Crippen LogP contribution >= 0.6 is 0 Å². The van der Waals surface area contributed by atoms with E-state index in [2.05, 4.69) is 0 Å². The highest BCUT2D eigenvalue weighted by Crippen LogP contribution is 2.28. The minimum Gasteiger partial charge on any atom is -0.453 e. The van der Waals surface area contributed by atoms with Gasteiger partial charge in [0.2, 0.25) is 5.78 Å². The maximum Gasteiger partial charge on any atom is 0.200 e. The second-order valence-electron chi connectivity index (χ2n) is 4.19. The van der Waals surface area contributed by atoms with Gasteiger partial charge in [-0.3, -0.25) is 4.79 Å².